The first-order chi connectivity index (χ1) is 13.8. The Morgan fingerprint density at radius 1 is 1.03 bits per heavy atom. The molecule has 0 aliphatic carbocycles. The van der Waals surface area contributed by atoms with Gasteiger partial charge in [0, 0.05) is 12.6 Å². The highest BCUT2D eigenvalue weighted by molar-refractivity contribution is 5.66. The van der Waals surface area contributed by atoms with Crippen molar-refractivity contribution in [3.8, 4) is 17.2 Å². The molecule has 0 aromatic heterocycles. The van der Waals surface area contributed by atoms with Crippen molar-refractivity contribution in [3.05, 3.63) is 54.1 Å². The number of carboxylic acids is 1. The van der Waals surface area contributed by atoms with Gasteiger partial charge < -0.3 is 14.6 Å². The van der Waals surface area contributed by atoms with E-state index in [1.54, 1.807) is 24.3 Å². The Kier molecular flexibility index (Phi) is 6.64. The SMILES string of the molecule is O=C(O)CCN1CCC[C@@H]1COc1ccc(Oc2ccc(C(F)(F)F)cc2)cc1. The number of aliphatic carboxylic acids is 1. The molecular weight excluding hydrogens is 387 g/mol. The smallest absolute Gasteiger partial charge is 0.416 e. The first-order valence-electron chi connectivity index (χ1n) is 9.35. The van der Waals surface area contributed by atoms with Crippen LogP contribution in [0.3, 0.4) is 0 Å². The largest absolute Gasteiger partial charge is 0.492 e. The molecule has 1 heterocycles. The minimum atomic E-state index is -4.37. The number of hydrogen-bond acceptors (Lipinski definition) is 4. The summed E-state index contributed by atoms with van der Waals surface area (Å²) >= 11 is 0. The van der Waals surface area contributed by atoms with Gasteiger partial charge in [0.05, 0.1) is 12.0 Å². The molecule has 0 radical (unpaired) electrons. The lowest BCUT2D eigenvalue weighted by molar-refractivity contribution is -0.138. The molecule has 156 valence electrons. The van der Waals surface area contributed by atoms with Crippen LogP contribution >= 0.6 is 0 Å². The zero-order chi connectivity index (χ0) is 20.9. The van der Waals surface area contributed by atoms with Gasteiger partial charge in [-0.15, -0.1) is 0 Å². The fraction of sp³-hybridized carbons (Fsp3) is 0.381. The summed E-state index contributed by atoms with van der Waals surface area (Å²) in [4.78, 5) is 12.9. The van der Waals surface area contributed by atoms with Crippen LogP contribution in [0, 0.1) is 0 Å². The maximum Gasteiger partial charge on any atom is 0.416 e. The third-order valence-electron chi connectivity index (χ3n) is 4.80. The van der Waals surface area contributed by atoms with Crippen LogP contribution in [-0.2, 0) is 11.0 Å². The lowest BCUT2D eigenvalue weighted by atomic mass is 10.2. The molecular formula is C21H22F3NO4. The summed E-state index contributed by atoms with van der Waals surface area (Å²) in [5, 5.41) is 8.83. The van der Waals surface area contributed by atoms with E-state index < -0.39 is 17.7 Å². The second kappa shape index (κ2) is 9.17. The third-order valence-corrected chi connectivity index (χ3v) is 4.80. The summed E-state index contributed by atoms with van der Waals surface area (Å²) in [6.07, 6.45) is -2.27. The number of halogens is 3. The van der Waals surface area contributed by atoms with Crippen LogP contribution in [0.1, 0.15) is 24.8 Å². The Labute approximate surface area is 166 Å². The summed E-state index contributed by atoms with van der Waals surface area (Å²) < 4.78 is 49.2. The monoisotopic (exact) mass is 409 g/mol. The van der Waals surface area contributed by atoms with Crippen molar-refractivity contribution < 1.29 is 32.5 Å². The van der Waals surface area contributed by atoms with Gasteiger partial charge in [0.25, 0.3) is 0 Å². The van der Waals surface area contributed by atoms with E-state index in [1.807, 2.05) is 0 Å². The average molecular weight is 409 g/mol. The number of rotatable bonds is 8. The minimum Gasteiger partial charge on any atom is -0.492 e. The average Bonchev–Trinajstić information content (AvgIpc) is 3.13. The predicted molar refractivity (Wildman–Crippen MR) is 100 cm³/mol. The molecule has 1 atom stereocenters. The topological polar surface area (TPSA) is 59.0 Å². The van der Waals surface area contributed by atoms with Gasteiger partial charge in [0.15, 0.2) is 0 Å². The van der Waals surface area contributed by atoms with Crippen molar-refractivity contribution in [3.63, 3.8) is 0 Å². The Hall–Kier alpha value is -2.74. The second-order valence-corrected chi connectivity index (χ2v) is 6.88. The van der Waals surface area contributed by atoms with E-state index in [2.05, 4.69) is 4.90 Å². The van der Waals surface area contributed by atoms with Crippen LogP contribution in [0.15, 0.2) is 48.5 Å². The maximum absolute atomic E-state index is 12.6. The number of carbonyl (C=O) groups is 1. The maximum atomic E-state index is 12.6. The van der Waals surface area contributed by atoms with Crippen molar-refractivity contribution in [2.75, 3.05) is 19.7 Å². The zero-order valence-corrected chi connectivity index (χ0v) is 15.7. The molecule has 29 heavy (non-hydrogen) atoms. The zero-order valence-electron chi connectivity index (χ0n) is 15.7. The highest BCUT2D eigenvalue weighted by Gasteiger charge is 2.30. The molecule has 0 unspecified atom stereocenters. The van der Waals surface area contributed by atoms with Gasteiger partial charge in [-0.2, -0.15) is 13.2 Å². The third kappa shape index (κ3) is 6.12. The molecule has 2 aromatic rings. The van der Waals surface area contributed by atoms with Gasteiger partial charge in [-0.25, -0.2) is 0 Å². The van der Waals surface area contributed by atoms with Gasteiger partial charge in [-0.3, -0.25) is 9.69 Å². The van der Waals surface area contributed by atoms with Gasteiger partial charge in [-0.05, 0) is 67.9 Å². The fourth-order valence-electron chi connectivity index (χ4n) is 3.26. The van der Waals surface area contributed by atoms with Gasteiger partial charge in [0.1, 0.15) is 23.9 Å². The molecule has 0 bridgehead atoms. The van der Waals surface area contributed by atoms with Crippen molar-refractivity contribution in [2.24, 2.45) is 0 Å². The molecule has 8 heteroatoms. The summed E-state index contributed by atoms with van der Waals surface area (Å²) in [5.74, 6) is 0.641. The highest BCUT2D eigenvalue weighted by atomic mass is 19.4. The first-order valence-corrected chi connectivity index (χ1v) is 9.35. The van der Waals surface area contributed by atoms with Crippen LogP contribution in [0.25, 0.3) is 0 Å². The fourth-order valence-corrected chi connectivity index (χ4v) is 3.26. The molecule has 1 aliphatic heterocycles. The molecule has 0 spiro atoms. The van der Waals surface area contributed by atoms with E-state index in [-0.39, 0.29) is 12.5 Å². The van der Waals surface area contributed by atoms with Crippen molar-refractivity contribution in [1.82, 2.24) is 4.90 Å². The van der Waals surface area contributed by atoms with Gasteiger partial charge in [0.2, 0.25) is 0 Å². The molecule has 0 amide bonds. The standard InChI is InChI=1S/C21H22F3NO4/c22-21(23,24)15-3-5-18(6-4-15)29-19-9-7-17(8-10-19)28-14-16-2-1-12-25(16)13-11-20(26)27/h3-10,16H,1-2,11-14H2,(H,26,27)/t16-/m1/s1. The Morgan fingerprint density at radius 3 is 2.21 bits per heavy atom. The number of alkyl halides is 3. The molecule has 3 rings (SSSR count). The van der Waals surface area contributed by atoms with Gasteiger partial charge >= 0.3 is 12.1 Å². The van der Waals surface area contributed by atoms with E-state index in [1.165, 1.54) is 12.1 Å². The van der Waals surface area contributed by atoms with Crippen LogP contribution in [0.2, 0.25) is 0 Å². The molecule has 1 aliphatic rings. The Balaban J connectivity index is 1.50. The molecule has 2 aromatic carbocycles. The molecule has 5 nitrogen and oxygen atoms in total. The summed E-state index contributed by atoms with van der Waals surface area (Å²) in [6, 6.07) is 11.5. The van der Waals surface area contributed by atoms with Crippen molar-refractivity contribution >= 4 is 5.97 Å². The van der Waals surface area contributed by atoms with Crippen LogP contribution < -0.4 is 9.47 Å². The number of hydrogen-bond donors (Lipinski definition) is 1. The van der Waals surface area contributed by atoms with Crippen molar-refractivity contribution in [1.29, 1.82) is 0 Å². The Bertz CT molecular complexity index is 806. The van der Waals surface area contributed by atoms with Gasteiger partial charge in [-0.1, -0.05) is 0 Å². The minimum absolute atomic E-state index is 0.118. The van der Waals surface area contributed by atoms with Crippen molar-refractivity contribution in [2.45, 2.75) is 31.5 Å². The second-order valence-electron chi connectivity index (χ2n) is 6.88. The highest BCUT2D eigenvalue weighted by Crippen LogP contribution is 2.31. The van der Waals surface area contributed by atoms with E-state index in [0.717, 1.165) is 31.5 Å². The summed E-state index contributed by atoms with van der Waals surface area (Å²) in [6.45, 7) is 1.86. The van der Waals surface area contributed by atoms with Crippen LogP contribution in [0.4, 0.5) is 13.2 Å². The number of nitrogens with zero attached hydrogens (tertiary/aromatic N) is 1. The van der Waals surface area contributed by atoms with Crippen LogP contribution in [-0.4, -0.2) is 41.7 Å². The lowest BCUT2D eigenvalue weighted by Crippen LogP contribution is -2.35. The first kappa shape index (κ1) is 21.0. The number of likely N-dealkylation sites (tertiary alicyclic amines) is 1. The normalized spacial score (nSPS) is 17.3. The van der Waals surface area contributed by atoms with E-state index in [0.29, 0.717) is 30.4 Å². The molecule has 1 N–H and O–H groups in total. The number of ether oxygens (including phenoxy) is 2. The number of benzene rings is 2. The quantitative estimate of drug-likeness (QED) is 0.678. The predicted octanol–water partition coefficient (Wildman–Crippen LogP) is 4.82. The number of carboxylic acid groups (broad SMARTS) is 1. The summed E-state index contributed by atoms with van der Waals surface area (Å²) in [5.41, 5.74) is -0.724. The molecule has 1 saturated heterocycles. The molecule has 0 saturated carbocycles. The van der Waals surface area contributed by atoms with E-state index in [9.17, 15) is 18.0 Å². The lowest BCUT2D eigenvalue weighted by Gasteiger charge is -2.23. The van der Waals surface area contributed by atoms with Crippen LogP contribution in [0.5, 0.6) is 17.2 Å². The Morgan fingerprint density at radius 2 is 1.62 bits per heavy atom. The summed E-state index contributed by atoms with van der Waals surface area (Å²) in [7, 11) is 0. The molecule has 1 fully saturated rings. The van der Waals surface area contributed by atoms with E-state index >= 15 is 0 Å². The van der Waals surface area contributed by atoms with E-state index in [4.69, 9.17) is 14.6 Å².